The highest BCUT2D eigenvalue weighted by molar-refractivity contribution is 7.21. The Morgan fingerprint density at radius 1 is 1.04 bits per heavy atom. The molecule has 0 atom stereocenters. The van der Waals surface area contributed by atoms with E-state index in [0.29, 0.717) is 10.3 Å². The number of benzene rings is 2. The molecule has 0 unspecified atom stereocenters. The van der Waals surface area contributed by atoms with Crippen LogP contribution < -0.4 is 0 Å². The number of carboxylic acids is 1. The van der Waals surface area contributed by atoms with Gasteiger partial charge in [-0.3, -0.25) is 0 Å². The van der Waals surface area contributed by atoms with E-state index in [4.69, 9.17) is 0 Å². The Kier molecular flexibility index (Phi) is 3.42. The van der Waals surface area contributed by atoms with Crippen molar-refractivity contribution < 1.29 is 14.3 Å². The van der Waals surface area contributed by atoms with Crippen LogP contribution in [0.4, 0.5) is 4.39 Å². The van der Waals surface area contributed by atoms with Crippen LogP contribution in [0.5, 0.6) is 0 Å². The number of carboxylic acid groups (broad SMARTS) is 1. The van der Waals surface area contributed by atoms with E-state index in [-0.39, 0.29) is 10.7 Å². The summed E-state index contributed by atoms with van der Waals surface area (Å²) in [5.74, 6) is -1.30. The third-order valence-electron chi connectivity index (χ3n) is 4.48. The Morgan fingerprint density at radius 3 is 2.61 bits per heavy atom. The van der Waals surface area contributed by atoms with Crippen LogP contribution in [0.25, 0.3) is 21.2 Å². The Morgan fingerprint density at radius 2 is 1.83 bits per heavy atom. The predicted octanol–water partition coefficient (Wildman–Crippen LogP) is 5.28. The van der Waals surface area contributed by atoms with E-state index in [2.05, 4.69) is 12.1 Å². The number of aromatic carboxylic acids is 1. The van der Waals surface area contributed by atoms with E-state index in [1.165, 1.54) is 36.1 Å². The van der Waals surface area contributed by atoms with Crippen molar-refractivity contribution >= 4 is 27.4 Å². The molecule has 0 saturated carbocycles. The molecule has 116 valence electrons. The minimum atomic E-state index is -0.959. The number of rotatable bonds is 2. The first-order chi connectivity index (χ1) is 11.1. The molecule has 0 aliphatic heterocycles. The van der Waals surface area contributed by atoms with Gasteiger partial charge < -0.3 is 5.11 Å². The summed E-state index contributed by atoms with van der Waals surface area (Å²) < 4.78 is 14.1. The third kappa shape index (κ3) is 2.43. The summed E-state index contributed by atoms with van der Waals surface area (Å²) in [4.78, 5) is 11.9. The van der Waals surface area contributed by atoms with E-state index in [0.717, 1.165) is 35.1 Å². The second kappa shape index (κ2) is 5.46. The molecule has 0 spiro atoms. The smallest absolute Gasteiger partial charge is 0.346 e. The lowest BCUT2D eigenvalue weighted by Gasteiger charge is -2.16. The van der Waals surface area contributed by atoms with E-state index >= 15 is 0 Å². The van der Waals surface area contributed by atoms with Crippen LogP contribution in [-0.2, 0) is 12.8 Å². The van der Waals surface area contributed by atoms with Crippen molar-refractivity contribution in [2.75, 3.05) is 0 Å². The lowest BCUT2D eigenvalue weighted by Crippen LogP contribution is -2.03. The van der Waals surface area contributed by atoms with Gasteiger partial charge >= 0.3 is 5.97 Å². The zero-order valence-corrected chi connectivity index (χ0v) is 13.3. The normalized spacial score (nSPS) is 14.0. The number of halogens is 1. The molecular weight excluding hydrogens is 311 g/mol. The van der Waals surface area contributed by atoms with E-state index in [1.807, 2.05) is 6.07 Å². The molecule has 1 aliphatic rings. The molecule has 2 nitrogen and oxygen atoms in total. The fourth-order valence-electron chi connectivity index (χ4n) is 3.40. The van der Waals surface area contributed by atoms with Gasteiger partial charge in [0.05, 0.1) is 0 Å². The summed E-state index contributed by atoms with van der Waals surface area (Å²) in [6.45, 7) is 0. The molecule has 0 fully saturated rings. The second-order valence-electron chi connectivity index (χ2n) is 5.94. The quantitative estimate of drug-likeness (QED) is 0.695. The molecule has 1 heterocycles. The van der Waals surface area contributed by atoms with Gasteiger partial charge in [0.1, 0.15) is 10.7 Å². The maximum absolute atomic E-state index is 13.5. The van der Waals surface area contributed by atoms with E-state index in [1.54, 1.807) is 6.07 Å². The van der Waals surface area contributed by atoms with Crippen molar-refractivity contribution in [2.45, 2.75) is 25.7 Å². The van der Waals surface area contributed by atoms with E-state index < -0.39 is 5.97 Å². The monoisotopic (exact) mass is 326 g/mol. The van der Waals surface area contributed by atoms with Crippen LogP contribution in [0.3, 0.4) is 0 Å². The minimum absolute atomic E-state index is 0.279. The van der Waals surface area contributed by atoms with Crippen LogP contribution in [0, 0.1) is 5.82 Å². The minimum Gasteiger partial charge on any atom is -0.477 e. The van der Waals surface area contributed by atoms with Gasteiger partial charge in [0.2, 0.25) is 0 Å². The molecule has 0 saturated heterocycles. The highest BCUT2D eigenvalue weighted by atomic mass is 32.1. The third-order valence-corrected chi connectivity index (χ3v) is 5.62. The summed E-state index contributed by atoms with van der Waals surface area (Å²) in [6.07, 6.45) is 4.53. The largest absolute Gasteiger partial charge is 0.477 e. The Bertz CT molecular complexity index is 927. The summed E-state index contributed by atoms with van der Waals surface area (Å²) in [7, 11) is 0. The molecule has 2 aromatic carbocycles. The van der Waals surface area contributed by atoms with Gasteiger partial charge in [-0.1, -0.05) is 18.2 Å². The van der Waals surface area contributed by atoms with Crippen molar-refractivity contribution in [3.8, 4) is 11.1 Å². The zero-order chi connectivity index (χ0) is 16.0. The predicted molar refractivity (Wildman–Crippen MR) is 90.8 cm³/mol. The molecular formula is C19H15FO2S. The first kappa shape index (κ1) is 14.4. The lowest BCUT2D eigenvalue weighted by molar-refractivity contribution is 0.0703. The number of hydrogen-bond donors (Lipinski definition) is 1. The molecule has 23 heavy (non-hydrogen) atoms. The van der Waals surface area contributed by atoms with Crippen LogP contribution in [-0.4, -0.2) is 11.1 Å². The highest BCUT2D eigenvalue weighted by Crippen LogP contribution is 2.40. The van der Waals surface area contributed by atoms with Crippen molar-refractivity contribution in [1.29, 1.82) is 0 Å². The lowest BCUT2D eigenvalue weighted by atomic mass is 9.88. The Balaban J connectivity index is 1.97. The number of aryl methyl sites for hydroxylation is 2. The Hall–Kier alpha value is -2.20. The summed E-state index contributed by atoms with van der Waals surface area (Å²) >= 11 is 1.14. The number of hydrogen-bond acceptors (Lipinski definition) is 2. The van der Waals surface area contributed by atoms with Crippen LogP contribution in [0.15, 0.2) is 36.4 Å². The maximum Gasteiger partial charge on any atom is 0.346 e. The van der Waals surface area contributed by atoms with E-state index in [9.17, 15) is 14.3 Å². The number of carbonyl (C=O) groups is 1. The van der Waals surface area contributed by atoms with Gasteiger partial charge in [-0.25, -0.2) is 9.18 Å². The molecule has 0 radical (unpaired) electrons. The first-order valence-electron chi connectivity index (χ1n) is 7.71. The average Bonchev–Trinajstić information content (AvgIpc) is 2.93. The zero-order valence-electron chi connectivity index (χ0n) is 12.4. The summed E-state index contributed by atoms with van der Waals surface area (Å²) in [5.41, 5.74) is 4.31. The van der Waals surface area contributed by atoms with Gasteiger partial charge in [-0.2, -0.15) is 0 Å². The molecule has 1 N–H and O–H groups in total. The first-order valence-corrected chi connectivity index (χ1v) is 8.52. The van der Waals surface area contributed by atoms with Crippen LogP contribution in [0.2, 0.25) is 0 Å². The van der Waals surface area contributed by atoms with Crippen molar-refractivity contribution in [3.63, 3.8) is 0 Å². The molecule has 0 amide bonds. The SMILES string of the molecule is O=C(O)c1sc2cc(F)ccc2c1-c1ccc2c(c1)CCCC2. The van der Waals surface area contributed by atoms with Gasteiger partial charge in [-0.15, -0.1) is 11.3 Å². The van der Waals surface area contributed by atoms with Crippen molar-refractivity contribution in [2.24, 2.45) is 0 Å². The van der Waals surface area contributed by atoms with Crippen LogP contribution in [0.1, 0.15) is 33.6 Å². The fourth-order valence-corrected chi connectivity index (χ4v) is 4.49. The number of fused-ring (bicyclic) bond motifs is 2. The van der Waals surface area contributed by atoms with Gasteiger partial charge in [0.25, 0.3) is 0 Å². The van der Waals surface area contributed by atoms with Crippen molar-refractivity contribution in [1.82, 2.24) is 0 Å². The average molecular weight is 326 g/mol. The molecule has 1 aromatic heterocycles. The van der Waals surface area contributed by atoms with Gasteiger partial charge in [0.15, 0.2) is 0 Å². The standard InChI is InChI=1S/C19H15FO2S/c20-14-7-8-15-16(10-14)23-18(19(21)22)17(15)13-6-5-11-3-1-2-4-12(11)9-13/h5-10H,1-4H2,(H,21,22). The van der Waals surface area contributed by atoms with Gasteiger partial charge in [0, 0.05) is 15.6 Å². The molecule has 1 aliphatic carbocycles. The topological polar surface area (TPSA) is 37.3 Å². The van der Waals surface area contributed by atoms with Crippen LogP contribution >= 0.6 is 11.3 Å². The summed E-state index contributed by atoms with van der Waals surface area (Å²) in [6, 6.07) is 10.7. The maximum atomic E-state index is 13.5. The molecule has 4 heteroatoms. The molecule has 0 bridgehead atoms. The second-order valence-corrected chi connectivity index (χ2v) is 6.99. The fraction of sp³-hybridized carbons (Fsp3) is 0.211. The summed E-state index contributed by atoms with van der Waals surface area (Å²) in [5, 5.41) is 10.4. The molecule has 4 rings (SSSR count). The Labute approximate surface area is 137 Å². The number of thiophene rings is 1. The van der Waals surface area contributed by atoms with Gasteiger partial charge in [-0.05, 0) is 60.6 Å². The molecule has 3 aromatic rings. The highest BCUT2D eigenvalue weighted by Gasteiger charge is 2.20. The van der Waals surface area contributed by atoms with Crippen molar-refractivity contribution in [3.05, 3.63) is 58.2 Å².